The maximum absolute atomic E-state index is 13.7. The molecule has 0 aliphatic carbocycles. The third kappa shape index (κ3) is 4.50. The van der Waals surface area contributed by atoms with Crippen LogP contribution >= 0.6 is 11.3 Å². The number of carbonyl (C=O) groups excluding carboxylic acids is 1. The number of thiazole rings is 1. The number of carbonyl (C=O) groups is 1. The molecule has 1 aliphatic rings. The molecule has 6 nitrogen and oxygen atoms in total. The number of ether oxygens (including phenoxy) is 1. The van der Waals surface area contributed by atoms with Gasteiger partial charge in [0.05, 0.1) is 29.0 Å². The third-order valence-electron chi connectivity index (χ3n) is 5.88. The molecule has 0 bridgehead atoms. The second-order valence-electron chi connectivity index (χ2n) is 8.23. The number of methoxy groups -OCH3 is 1. The Morgan fingerprint density at radius 1 is 1.08 bits per heavy atom. The Morgan fingerprint density at radius 3 is 2.56 bits per heavy atom. The van der Waals surface area contributed by atoms with Crippen LogP contribution in [0.15, 0.2) is 99.9 Å². The first kappa shape index (κ1) is 23.4. The van der Waals surface area contributed by atoms with Crippen LogP contribution in [0.25, 0.3) is 6.08 Å². The van der Waals surface area contributed by atoms with Gasteiger partial charge in [-0.2, -0.15) is 0 Å². The molecule has 0 fully saturated rings. The molecule has 5 rings (SSSR count). The lowest BCUT2D eigenvalue weighted by Gasteiger charge is -2.25. The van der Waals surface area contributed by atoms with Crippen LogP contribution in [-0.2, 0) is 4.79 Å². The molecule has 1 amide bonds. The summed E-state index contributed by atoms with van der Waals surface area (Å²) in [7, 11) is 1.57. The number of nitrogens with zero attached hydrogens (tertiary/aromatic N) is 2. The number of para-hydroxylation sites is 1. The van der Waals surface area contributed by atoms with Gasteiger partial charge in [-0.25, -0.2) is 9.38 Å². The minimum Gasteiger partial charge on any atom is -0.497 e. The molecule has 4 aromatic rings. The highest BCUT2D eigenvalue weighted by Crippen LogP contribution is 2.32. The highest BCUT2D eigenvalue weighted by molar-refractivity contribution is 7.07. The van der Waals surface area contributed by atoms with Gasteiger partial charge in [0.1, 0.15) is 11.6 Å². The minimum atomic E-state index is -0.713. The van der Waals surface area contributed by atoms with Crippen molar-refractivity contribution in [3.05, 3.63) is 127 Å². The number of halogens is 1. The van der Waals surface area contributed by atoms with Gasteiger partial charge in [-0.05, 0) is 60.5 Å². The fourth-order valence-corrected chi connectivity index (χ4v) is 5.22. The number of hydrogen-bond acceptors (Lipinski definition) is 5. The number of allylic oxidation sites excluding steroid dienone is 1. The number of fused-ring (bicyclic) bond motifs is 1. The molecule has 0 saturated carbocycles. The van der Waals surface area contributed by atoms with Gasteiger partial charge >= 0.3 is 0 Å². The first-order valence-electron chi connectivity index (χ1n) is 11.2. The van der Waals surface area contributed by atoms with Gasteiger partial charge in [0.25, 0.3) is 11.5 Å². The molecule has 180 valence electrons. The molecule has 1 unspecified atom stereocenters. The average molecular weight is 500 g/mol. The second kappa shape index (κ2) is 9.75. The summed E-state index contributed by atoms with van der Waals surface area (Å²) in [5.41, 5.74) is 2.65. The van der Waals surface area contributed by atoms with Gasteiger partial charge < -0.3 is 10.1 Å². The van der Waals surface area contributed by atoms with E-state index in [1.165, 1.54) is 23.5 Å². The van der Waals surface area contributed by atoms with Crippen LogP contribution in [0.2, 0.25) is 0 Å². The number of benzene rings is 3. The average Bonchev–Trinajstić information content (AvgIpc) is 3.19. The summed E-state index contributed by atoms with van der Waals surface area (Å²) in [4.78, 5) is 32.3. The Balaban J connectivity index is 1.68. The Bertz CT molecular complexity index is 1650. The zero-order valence-electron chi connectivity index (χ0n) is 19.6. The lowest BCUT2D eigenvalue weighted by atomic mass is 9.95. The van der Waals surface area contributed by atoms with Crippen molar-refractivity contribution in [3.8, 4) is 5.75 Å². The van der Waals surface area contributed by atoms with E-state index in [1.807, 2.05) is 42.5 Å². The number of aromatic nitrogens is 1. The number of hydrogen-bond donors (Lipinski definition) is 1. The molecule has 1 aromatic heterocycles. The summed E-state index contributed by atoms with van der Waals surface area (Å²) in [6.45, 7) is 1.77. The van der Waals surface area contributed by atoms with Crippen LogP contribution < -0.4 is 24.9 Å². The van der Waals surface area contributed by atoms with E-state index in [2.05, 4.69) is 10.3 Å². The van der Waals surface area contributed by atoms with E-state index in [1.54, 1.807) is 48.9 Å². The standard InChI is InChI=1S/C28H22FN3O3S/c1-17-24(26(33)31-21-8-4-3-5-9-21)25(19-7-6-10-22(16-19)35-2)32-27(34)23(36-28(32)30-17)15-18-11-13-20(29)14-12-18/h3-16,25H,1-2H3,(H,31,33). The molecule has 0 saturated heterocycles. The molecule has 3 aromatic carbocycles. The Kier molecular flexibility index (Phi) is 6.35. The van der Waals surface area contributed by atoms with E-state index in [9.17, 15) is 14.0 Å². The van der Waals surface area contributed by atoms with Crippen LogP contribution in [0.1, 0.15) is 24.1 Å². The fourth-order valence-electron chi connectivity index (χ4n) is 4.17. The maximum Gasteiger partial charge on any atom is 0.271 e. The number of anilines is 1. The van der Waals surface area contributed by atoms with Crippen molar-refractivity contribution in [1.82, 2.24) is 4.57 Å². The number of rotatable bonds is 5. The van der Waals surface area contributed by atoms with Crippen molar-refractivity contribution in [2.24, 2.45) is 4.99 Å². The topological polar surface area (TPSA) is 72.7 Å². The molecule has 36 heavy (non-hydrogen) atoms. The highest BCUT2D eigenvalue weighted by Gasteiger charge is 2.32. The summed E-state index contributed by atoms with van der Waals surface area (Å²) in [6.07, 6.45) is 1.70. The minimum absolute atomic E-state index is 0.284. The molecule has 1 aliphatic heterocycles. The quantitative estimate of drug-likeness (QED) is 0.451. The molecule has 2 heterocycles. The summed E-state index contributed by atoms with van der Waals surface area (Å²) in [5.74, 6) is -0.0853. The van der Waals surface area contributed by atoms with Crippen molar-refractivity contribution in [1.29, 1.82) is 0 Å². The number of nitrogens with one attached hydrogen (secondary N) is 1. The second-order valence-corrected chi connectivity index (χ2v) is 9.24. The molecule has 1 N–H and O–H groups in total. The SMILES string of the molecule is COc1cccc(C2C(C(=O)Nc3ccccc3)=C(C)N=c3sc(=Cc4ccc(F)cc4)c(=O)n32)c1. The lowest BCUT2D eigenvalue weighted by Crippen LogP contribution is -2.40. The van der Waals surface area contributed by atoms with E-state index in [4.69, 9.17) is 4.74 Å². The summed E-state index contributed by atoms with van der Waals surface area (Å²) >= 11 is 1.23. The van der Waals surface area contributed by atoms with Crippen LogP contribution in [0.5, 0.6) is 5.75 Å². The van der Waals surface area contributed by atoms with Crippen LogP contribution in [0, 0.1) is 5.82 Å². The lowest BCUT2D eigenvalue weighted by molar-refractivity contribution is -0.113. The van der Waals surface area contributed by atoms with Gasteiger partial charge in [0.2, 0.25) is 0 Å². The summed E-state index contributed by atoms with van der Waals surface area (Å²) < 4.78 is 20.8. The normalized spacial score (nSPS) is 15.3. The summed E-state index contributed by atoms with van der Waals surface area (Å²) in [6, 6.07) is 21.6. The molecule has 0 spiro atoms. The maximum atomic E-state index is 13.7. The molecule has 8 heteroatoms. The van der Waals surface area contributed by atoms with Crippen molar-refractivity contribution >= 4 is 29.0 Å². The van der Waals surface area contributed by atoms with Crippen molar-refractivity contribution < 1.29 is 13.9 Å². The van der Waals surface area contributed by atoms with E-state index in [-0.39, 0.29) is 17.3 Å². The monoisotopic (exact) mass is 499 g/mol. The van der Waals surface area contributed by atoms with Gasteiger partial charge in [-0.1, -0.05) is 53.8 Å². The van der Waals surface area contributed by atoms with Gasteiger partial charge in [-0.15, -0.1) is 0 Å². The Hall–Kier alpha value is -4.30. The summed E-state index contributed by atoms with van der Waals surface area (Å²) in [5, 5.41) is 2.93. The zero-order valence-corrected chi connectivity index (χ0v) is 20.4. The van der Waals surface area contributed by atoms with E-state index >= 15 is 0 Å². The molecule has 0 radical (unpaired) electrons. The fraction of sp³-hybridized carbons (Fsp3) is 0.107. The predicted molar refractivity (Wildman–Crippen MR) is 138 cm³/mol. The van der Waals surface area contributed by atoms with E-state index in [0.717, 1.165) is 5.56 Å². The van der Waals surface area contributed by atoms with Gasteiger partial charge in [0, 0.05) is 5.69 Å². The highest BCUT2D eigenvalue weighted by atomic mass is 32.1. The number of amides is 1. The predicted octanol–water partition coefficient (Wildman–Crippen LogP) is 4.02. The smallest absolute Gasteiger partial charge is 0.271 e. The van der Waals surface area contributed by atoms with E-state index in [0.29, 0.717) is 37.6 Å². The van der Waals surface area contributed by atoms with Gasteiger partial charge in [-0.3, -0.25) is 14.2 Å². The Morgan fingerprint density at radius 2 is 1.83 bits per heavy atom. The van der Waals surface area contributed by atoms with Crippen LogP contribution in [0.3, 0.4) is 0 Å². The van der Waals surface area contributed by atoms with Crippen molar-refractivity contribution in [3.63, 3.8) is 0 Å². The molecular weight excluding hydrogens is 477 g/mol. The van der Waals surface area contributed by atoms with Gasteiger partial charge in [0.15, 0.2) is 4.80 Å². The largest absolute Gasteiger partial charge is 0.497 e. The van der Waals surface area contributed by atoms with Crippen molar-refractivity contribution in [2.45, 2.75) is 13.0 Å². The van der Waals surface area contributed by atoms with Crippen LogP contribution in [0.4, 0.5) is 10.1 Å². The molecular formula is C28H22FN3O3S. The van der Waals surface area contributed by atoms with Crippen molar-refractivity contribution in [2.75, 3.05) is 12.4 Å². The van der Waals surface area contributed by atoms with E-state index < -0.39 is 6.04 Å². The first-order chi connectivity index (χ1) is 17.4. The zero-order chi connectivity index (χ0) is 25.2. The molecule has 1 atom stereocenters. The third-order valence-corrected chi connectivity index (χ3v) is 6.86. The Labute approximate surface area is 210 Å². The van der Waals surface area contributed by atoms with Crippen LogP contribution in [-0.4, -0.2) is 17.6 Å². The first-order valence-corrected chi connectivity index (χ1v) is 12.0.